The summed E-state index contributed by atoms with van der Waals surface area (Å²) >= 11 is 0. The van der Waals surface area contributed by atoms with Crippen LogP contribution in [0.4, 0.5) is 0 Å². The van der Waals surface area contributed by atoms with E-state index < -0.39 is 0 Å². The predicted octanol–water partition coefficient (Wildman–Crippen LogP) is 2.09. The molecule has 0 aromatic carbocycles. The van der Waals surface area contributed by atoms with Gasteiger partial charge in [0.2, 0.25) is 0 Å². The van der Waals surface area contributed by atoms with Gasteiger partial charge in [0.25, 0.3) is 0 Å². The summed E-state index contributed by atoms with van der Waals surface area (Å²) in [5.41, 5.74) is 0. The van der Waals surface area contributed by atoms with Gasteiger partial charge in [0.15, 0.2) is 0 Å². The van der Waals surface area contributed by atoms with Crippen LogP contribution in [-0.4, -0.2) is 13.2 Å². The highest BCUT2D eigenvalue weighted by Gasteiger charge is 1.82. The lowest BCUT2D eigenvalue weighted by molar-refractivity contribution is 0.184. The van der Waals surface area contributed by atoms with Gasteiger partial charge in [-0.3, -0.25) is 0 Å². The molecular weight excluding hydrogens is 128 g/mol. The van der Waals surface area contributed by atoms with E-state index in [4.69, 9.17) is 9.47 Å². The summed E-state index contributed by atoms with van der Waals surface area (Å²) in [6.07, 6.45) is 5.87. The number of allylic oxidation sites excluding steroid dienone is 1. The van der Waals surface area contributed by atoms with Crippen molar-refractivity contribution in [3.05, 3.63) is 25.2 Å². The van der Waals surface area contributed by atoms with Gasteiger partial charge in [-0.1, -0.05) is 12.7 Å². The maximum atomic E-state index is 5.03. The molecule has 0 amide bonds. The fraction of sp³-hybridized carbons (Fsp3) is 0.500. The normalized spacial score (nSPS) is 9.70. The van der Waals surface area contributed by atoms with E-state index in [0.717, 1.165) is 6.42 Å². The number of hydrogen-bond donors (Lipinski definition) is 0. The first-order chi connectivity index (χ1) is 4.91. The Bertz CT molecular complexity index is 97.4. The van der Waals surface area contributed by atoms with Crippen molar-refractivity contribution in [3.8, 4) is 0 Å². The van der Waals surface area contributed by atoms with Gasteiger partial charge in [0.1, 0.15) is 0 Å². The number of hydrogen-bond acceptors (Lipinski definition) is 2. The Morgan fingerprint density at radius 3 is 2.60 bits per heavy atom. The van der Waals surface area contributed by atoms with E-state index in [1.54, 1.807) is 6.26 Å². The SMILES string of the molecule is C=COCCCO/C=C/C. The third-order valence-corrected chi connectivity index (χ3v) is 0.875. The summed E-state index contributed by atoms with van der Waals surface area (Å²) in [5, 5.41) is 0. The Labute approximate surface area is 62.1 Å². The zero-order valence-electron chi connectivity index (χ0n) is 6.38. The van der Waals surface area contributed by atoms with Gasteiger partial charge in [0, 0.05) is 6.42 Å². The van der Waals surface area contributed by atoms with Crippen molar-refractivity contribution >= 4 is 0 Å². The molecule has 0 saturated carbocycles. The van der Waals surface area contributed by atoms with Crippen molar-refractivity contribution in [1.82, 2.24) is 0 Å². The quantitative estimate of drug-likeness (QED) is 0.417. The summed E-state index contributed by atoms with van der Waals surface area (Å²) in [4.78, 5) is 0. The van der Waals surface area contributed by atoms with Crippen molar-refractivity contribution in [2.45, 2.75) is 13.3 Å². The van der Waals surface area contributed by atoms with Crippen molar-refractivity contribution in [2.75, 3.05) is 13.2 Å². The highest BCUT2D eigenvalue weighted by atomic mass is 16.5. The highest BCUT2D eigenvalue weighted by molar-refractivity contribution is 4.64. The molecule has 0 aliphatic carbocycles. The summed E-state index contributed by atoms with van der Waals surface area (Å²) in [6.45, 7) is 6.72. The van der Waals surface area contributed by atoms with Crippen LogP contribution >= 0.6 is 0 Å². The van der Waals surface area contributed by atoms with Crippen molar-refractivity contribution in [1.29, 1.82) is 0 Å². The molecule has 0 N–H and O–H groups in total. The molecule has 58 valence electrons. The van der Waals surface area contributed by atoms with Gasteiger partial charge in [-0.05, 0) is 6.92 Å². The van der Waals surface area contributed by atoms with Gasteiger partial charge in [0.05, 0.1) is 25.7 Å². The van der Waals surface area contributed by atoms with Crippen LogP contribution in [-0.2, 0) is 9.47 Å². The Kier molecular flexibility index (Phi) is 7.34. The Morgan fingerprint density at radius 1 is 1.30 bits per heavy atom. The van der Waals surface area contributed by atoms with Crippen molar-refractivity contribution in [3.63, 3.8) is 0 Å². The second kappa shape index (κ2) is 8.08. The standard InChI is InChI=1S/C8H14O2/c1-3-6-10-8-5-7-9-4-2/h3-4,6H,2,5,7-8H2,1H3/b6-3+. The smallest absolute Gasteiger partial charge is 0.0905 e. The van der Waals surface area contributed by atoms with Crippen LogP contribution in [0.2, 0.25) is 0 Å². The number of ether oxygens (including phenoxy) is 2. The van der Waals surface area contributed by atoms with Crippen molar-refractivity contribution in [2.24, 2.45) is 0 Å². The molecule has 0 bridgehead atoms. The molecule has 0 unspecified atom stereocenters. The molecule has 0 aromatic heterocycles. The van der Waals surface area contributed by atoms with E-state index in [2.05, 4.69) is 6.58 Å². The summed E-state index contributed by atoms with van der Waals surface area (Å²) in [5.74, 6) is 0. The third kappa shape index (κ3) is 7.08. The van der Waals surface area contributed by atoms with Crippen molar-refractivity contribution < 1.29 is 9.47 Å². The fourth-order valence-electron chi connectivity index (χ4n) is 0.473. The number of rotatable bonds is 6. The van der Waals surface area contributed by atoms with Crippen LogP contribution in [0.3, 0.4) is 0 Å². The molecule has 0 radical (unpaired) electrons. The molecule has 0 rings (SSSR count). The monoisotopic (exact) mass is 142 g/mol. The molecule has 0 atom stereocenters. The van der Waals surface area contributed by atoms with Crippen LogP contribution in [0.25, 0.3) is 0 Å². The van der Waals surface area contributed by atoms with Crippen LogP contribution < -0.4 is 0 Å². The van der Waals surface area contributed by atoms with E-state index in [-0.39, 0.29) is 0 Å². The maximum absolute atomic E-state index is 5.03. The van der Waals surface area contributed by atoms with E-state index >= 15 is 0 Å². The zero-order valence-corrected chi connectivity index (χ0v) is 6.38. The molecule has 10 heavy (non-hydrogen) atoms. The van der Waals surface area contributed by atoms with E-state index in [0.29, 0.717) is 13.2 Å². The lowest BCUT2D eigenvalue weighted by Crippen LogP contribution is -1.93. The largest absolute Gasteiger partial charge is 0.502 e. The summed E-state index contributed by atoms with van der Waals surface area (Å²) < 4.78 is 9.91. The topological polar surface area (TPSA) is 18.5 Å². The minimum atomic E-state index is 0.682. The second-order valence-electron chi connectivity index (χ2n) is 1.73. The first-order valence-corrected chi connectivity index (χ1v) is 3.37. The van der Waals surface area contributed by atoms with Gasteiger partial charge in [-0.2, -0.15) is 0 Å². The Morgan fingerprint density at radius 2 is 2.00 bits per heavy atom. The molecule has 0 spiro atoms. The van der Waals surface area contributed by atoms with Gasteiger partial charge in [-0.15, -0.1) is 0 Å². The summed E-state index contributed by atoms with van der Waals surface area (Å²) in [6, 6.07) is 0. The lowest BCUT2D eigenvalue weighted by Gasteiger charge is -1.99. The van der Waals surface area contributed by atoms with Gasteiger partial charge in [-0.25, -0.2) is 0 Å². The second-order valence-corrected chi connectivity index (χ2v) is 1.73. The van der Waals surface area contributed by atoms with Crippen LogP contribution in [0.5, 0.6) is 0 Å². The summed E-state index contributed by atoms with van der Waals surface area (Å²) in [7, 11) is 0. The minimum absolute atomic E-state index is 0.682. The first-order valence-electron chi connectivity index (χ1n) is 3.37. The molecule has 2 heteroatoms. The molecule has 0 fully saturated rings. The fourth-order valence-corrected chi connectivity index (χ4v) is 0.473. The molecule has 0 heterocycles. The van der Waals surface area contributed by atoms with E-state index in [1.807, 2.05) is 13.0 Å². The van der Waals surface area contributed by atoms with Gasteiger partial charge < -0.3 is 9.47 Å². The first kappa shape index (κ1) is 9.08. The third-order valence-electron chi connectivity index (χ3n) is 0.875. The van der Waals surface area contributed by atoms with Crippen LogP contribution in [0, 0.1) is 0 Å². The van der Waals surface area contributed by atoms with Crippen LogP contribution in [0.15, 0.2) is 25.2 Å². The maximum Gasteiger partial charge on any atom is 0.0905 e. The van der Waals surface area contributed by atoms with Crippen LogP contribution in [0.1, 0.15) is 13.3 Å². The van der Waals surface area contributed by atoms with E-state index in [1.165, 1.54) is 6.26 Å². The molecule has 0 saturated heterocycles. The molecule has 2 nitrogen and oxygen atoms in total. The Hall–Kier alpha value is -0.920. The molecule has 0 aliphatic heterocycles. The Balaban J connectivity index is 2.83. The lowest BCUT2D eigenvalue weighted by atomic mass is 10.5. The average molecular weight is 142 g/mol. The zero-order chi connectivity index (χ0) is 7.66. The average Bonchev–Trinajstić information content (AvgIpc) is 1.97. The molecule has 0 aromatic rings. The minimum Gasteiger partial charge on any atom is -0.502 e. The van der Waals surface area contributed by atoms with Gasteiger partial charge >= 0.3 is 0 Å². The molecule has 0 aliphatic rings. The highest BCUT2D eigenvalue weighted by Crippen LogP contribution is 1.85. The predicted molar refractivity (Wildman–Crippen MR) is 41.5 cm³/mol. The molecular formula is C8H14O2. The van der Waals surface area contributed by atoms with E-state index in [9.17, 15) is 0 Å².